The largest absolute Gasteiger partial charge is 0.484 e. The number of rotatable bonds is 1. The molecule has 0 saturated carbocycles. The minimum absolute atomic E-state index is 0.0179. The van der Waals surface area contributed by atoms with E-state index in [2.05, 4.69) is 0 Å². The maximum Gasteiger partial charge on any atom is 0.255 e. The minimum atomic E-state index is -1.36. The third-order valence-corrected chi connectivity index (χ3v) is 2.73. The van der Waals surface area contributed by atoms with Gasteiger partial charge in [0, 0.05) is 0 Å². The monoisotopic (exact) mass is 219 g/mol. The van der Waals surface area contributed by atoms with Crippen molar-refractivity contribution in [1.29, 1.82) is 5.26 Å². The summed E-state index contributed by atoms with van der Waals surface area (Å²) in [6.45, 7) is 3.09. The van der Waals surface area contributed by atoms with Crippen molar-refractivity contribution in [1.82, 2.24) is 0 Å². The number of nitrogens with zero attached hydrogens (tertiary/aromatic N) is 1. The van der Waals surface area contributed by atoms with E-state index in [0.717, 1.165) is 0 Å². The van der Waals surface area contributed by atoms with Gasteiger partial charge in [0.1, 0.15) is 18.3 Å². The average Bonchev–Trinajstić information content (AvgIpc) is 2.27. The van der Waals surface area contributed by atoms with Crippen LogP contribution in [0.3, 0.4) is 0 Å². The first-order valence-electron chi connectivity index (χ1n) is 5.03. The molecule has 0 radical (unpaired) electrons. The van der Waals surface area contributed by atoms with Crippen LogP contribution in [-0.2, 0) is 0 Å². The maximum absolute atomic E-state index is 9.99. The molecule has 2 rings (SSSR count). The molecular formula is C12H13NO3. The summed E-state index contributed by atoms with van der Waals surface area (Å²) in [5, 5.41) is 19.2. The van der Waals surface area contributed by atoms with Gasteiger partial charge in [-0.15, -0.1) is 0 Å². The second kappa shape index (κ2) is 3.39. The third kappa shape index (κ3) is 1.50. The first kappa shape index (κ1) is 10.8. The standard InChI is InChI=1S/C12H13NO3/c1-11(2,14)12(7-13)8-15-9-5-3-4-6-10(9)16-12/h3-6,14H,8H2,1-2H3. The molecule has 4 nitrogen and oxygen atoms in total. The molecule has 0 aliphatic carbocycles. The van der Waals surface area contributed by atoms with Crippen molar-refractivity contribution in [2.24, 2.45) is 0 Å². The molecule has 1 heterocycles. The zero-order valence-electron chi connectivity index (χ0n) is 9.23. The minimum Gasteiger partial charge on any atom is -0.484 e. The van der Waals surface area contributed by atoms with Crippen molar-refractivity contribution in [3.63, 3.8) is 0 Å². The van der Waals surface area contributed by atoms with E-state index in [-0.39, 0.29) is 6.61 Å². The Hall–Kier alpha value is -1.73. The Labute approximate surface area is 94.0 Å². The van der Waals surface area contributed by atoms with E-state index in [1.165, 1.54) is 13.8 Å². The first-order chi connectivity index (χ1) is 7.48. The van der Waals surface area contributed by atoms with Gasteiger partial charge in [-0.05, 0) is 26.0 Å². The van der Waals surface area contributed by atoms with Crippen molar-refractivity contribution in [3.05, 3.63) is 24.3 Å². The summed E-state index contributed by atoms with van der Waals surface area (Å²) >= 11 is 0. The summed E-state index contributed by atoms with van der Waals surface area (Å²) in [5.74, 6) is 1.08. The van der Waals surface area contributed by atoms with Crippen molar-refractivity contribution >= 4 is 0 Å². The van der Waals surface area contributed by atoms with Gasteiger partial charge in [-0.25, -0.2) is 0 Å². The first-order valence-corrected chi connectivity index (χ1v) is 5.03. The molecule has 16 heavy (non-hydrogen) atoms. The predicted molar refractivity (Wildman–Crippen MR) is 57.2 cm³/mol. The molecule has 1 unspecified atom stereocenters. The van der Waals surface area contributed by atoms with Crippen molar-refractivity contribution < 1.29 is 14.6 Å². The number of aliphatic hydroxyl groups is 1. The molecule has 1 aromatic rings. The Balaban J connectivity index is 2.41. The second-order valence-corrected chi connectivity index (χ2v) is 4.34. The van der Waals surface area contributed by atoms with Crippen LogP contribution in [0, 0.1) is 11.3 Å². The molecule has 0 fully saturated rings. The van der Waals surface area contributed by atoms with Gasteiger partial charge in [-0.1, -0.05) is 12.1 Å². The number of fused-ring (bicyclic) bond motifs is 1. The average molecular weight is 219 g/mol. The number of benzene rings is 1. The molecule has 84 valence electrons. The second-order valence-electron chi connectivity index (χ2n) is 4.34. The fourth-order valence-electron chi connectivity index (χ4n) is 1.54. The number of nitriles is 1. The predicted octanol–water partition coefficient (Wildman–Crippen LogP) is 1.49. The van der Waals surface area contributed by atoms with Gasteiger partial charge in [0.25, 0.3) is 5.60 Å². The van der Waals surface area contributed by atoms with Crippen LogP contribution >= 0.6 is 0 Å². The Bertz CT molecular complexity index is 444. The molecular weight excluding hydrogens is 206 g/mol. The highest BCUT2D eigenvalue weighted by Gasteiger charge is 2.50. The lowest BCUT2D eigenvalue weighted by Crippen LogP contribution is -2.58. The van der Waals surface area contributed by atoms with E-state index in [9.17, 15) is 10.4 Å². The number of hydrogen-bond acceptors (Lipinski definition) is 4. The van der Waals surface area contributed by atoms with Gasteiger partial charge in [0.2, 0.25) is 0 Å². The van der Waals surface area contributed by atoms with Crippen molar-refractivity contribution in [2.75, 3.05) is 6.61 Å². The molecule has 0 bridgehead atoms. The van der Waals surface area contributed by atoms with Crippen LogP contribution in [0.4, 0.5) is 0 Å². The topological polar surface area (TPSA) is 62.5 Å². The van der Waals surface area contributed by atoms with E-state index >= 15 is 0 Å². The van der Waals surface area contributed by atoms with E-state index in [0.29, 0.717) is 11.5 Å². The molecule has 1 N–H and O–H groups in total. The molecule has 0 spiro atoms. The summed E-state index contributed by atoms with van der Waals surface area (Å²) < 4.78 is 11.0. The molecule has 0 amide bonds. The Morgan fingerprint density at radius 3 is 2.56 bits per heavy atom. The summed E-state index contributed by atoms with van der Waals surface area (Å²) in [4.78, 5) is 0. The highest BCUT2D eigenvalue weighted by molar-refractivity contribution is 5.43. The zero-order valence-corrected chi connectivity index (χ0v) is 9.23. The zero-order chi connectivity index (χ0) is 11.8. The van der Waals surface area contributed by atoms with Crippen LogP contribution in [0.25, 0.3) is 0 Å². The van der Waals surface area contributed by atoms with Gasteiger partial charge in [0.15, 0.2) is 11.5 Å². The summed E-state index contributed by atoms with van der Waals surface area (Å²) in [6, 6.07) is 9.10. The summed E-state index contributed by atoms with van der Waals surface area (Å²) in [6.07, 6.45) is 0. The Morgan fingerprint density at radius 1 is 1.38 bits per heavy atom. The normalized spacial score (nSPS) is 23.6. The summed E-state index contributed by atoms with van der Waals surface area (Å²) in [5.41, 5.74) is -2.66. The van der Waals surface area contributed by atoms with Crippen LogP contribution in [0.2, 0.25) is 0 Å². The molecule has 1 aromatic carbocycles. The van der Waals surface area contributed by atoms with Crippen molar-refractivity contribution in [3.8, 4) is 17.6 Å². The molecule has 4 heteroatoms. The maximum atomic E-state index is 9.99. The Morgan fingerprint density at radius 2 is 2.00 bits per heavy atom. The molecule has 1 atom stereocenters. The summed E-state index contributed by atoms with van der Waals surface area (Å²) in [7, 11) is 0. The van der Waals surface area contributed by atoms with Gasteiger partial charge >= 0.3 is 0 Å². The fraction of sp³-hybridized carbons (Fsp3) is 0.417. The molecule has 1 aliphatic rings. The molecule has 1 aliphatic heterocycles. The number of hydrogen-bond donors (Lipinski definition) is 1. The van der Waals surface area contributed by atoms with E-state index < -0.39 is 11.2 Å². The molecule has 0 saturated heterocycles. The smallest absolute Gasteiger partial charge is 0.255 e. The van der Waals surface area contributed by atoms with E-state index in [1.807, 2.05) is 12.1 Å². The van der Waals surface area contributed by atoms with E-state index in [4.69, 9.17) is 9.47 Å². The quantitative estimate of drug-likeness (QED) is 0.777. The third-order valence-electron chi connectivity index (χ3n) is 2.73. The van der Waals surface area contributed by atoms with Crippen LogP contribution in [0.5, 0.6) is 11.5 Å². The van der Waals surface area contributed by atoms with Crippen molar-refractivity contribution in [2.45, 2.75) is 25.0 Å². The number of para-hydroxylation sites is 2. The van der Waals surface area contributed by atoms with Crippen LogP contribution < -0.4 is 9.47 Å². The van der Waals surface area contributed by atoms with Gasteiger partial charge in [-0.2, -0.15) is 5.26 Å². The highest BCUT2D eigenvalue weighted by atomic mass is 16.6. The fourth-order valence-corrected chi connectivity index (χ4v) is 1.54. The lowest BCUT2D eigenvalue weighted by atomic mass is 9.87. The van der Waals surface area contributed by atoms with Crippen LogP contribution in [0.15, 0.2) is 24.3 Å². The lowest BCUT2D eigenvalue weighted by molar-refractivity contribution is -0.110. The van der Waals surface area contributed by atoms with Gasteiger partial charge < -0.3 is 14.6 Å². The molecule has 0 aromatic heterocycles. The highest BCUT2D eigenvalue weighted by Crippen LogP contribution is 2.38. The van der Waals surface area contributed by atoms with Gasteiger partial charge in [-0.3, -0.25) is 0 Å². The van der Waals surface area contributed by atoms with Gasteiger partial charge in [0.05, 0.1) is 0 Å². The van der Waals surface area contributed by atoms with E-state index in [1.54, 1.807) is 18.2 Å². The van der Waals surface area contributed by atoms with Crippen LogP contribution in [-0.4, -0.2) is 22.9 Å². The number of ether oxygens (including phenoxy) is 2. The Kier molecular flexibility index (Phi) is 2.28. The SMILES string of the molecule is CC(C)(O)C1(C#N)COc2ccccc2O1. The van der Waals surface area contributed by atoms with Crippen LogP contribution in [0.1, 0.15) is 13.8 Å². The lowest BCUT2D eigenvalue weighted by Gasteiger charge is -2.40.